The summed E-state index contributed by atoms with van der Waals surface area (Å²) in [6, 6.07) is 6.73. The fourth-order valence-electron chi connectivity index (χ4n) is 2.07. The smallest absolute Gasteiger partial charge is 0.128 e. The maximum absolute atomic E-state index is 13.7. The molecule has 1 heterocycles. The number of rotatable bonds is 3. The van der Waals surface area contributed by atoms with E-state index in [1.165, 1.54) is 6.07 Å². The molecular formula is C12H17FN2O. The van der Waals surface area contributed by atoms with Gasteiger partial charge in [-0.1, -0.05) is 18.2 Å². The van der Waals surface area contributed by atoms with E-state index in [4.69, 9.17) is 4.74 Å². The van der Waals surface area contributed by atoms with Crippen LogP contribution in [0.2, 0.25) is 0 Å². The van der Waals surface area contributed by atoms with Crippen molar-refractivity contribution in [2.45, 2.75) is 12.1 Å². The maximum atomic E-state index is 13.7. The Bertz CT molecular complexity index is 340. The molecule has 0 bridgehead atoms. The molecule has 3 nitrogen and oxygen atoms in total. The SMILES string of the molecule is CNC(c1ccccc1F)C1CNCCO1. The van der Waals surface area contributed by atoms with E-state index < -0.39 is 0 Å². The van der Waals surface area contributed by atoms with E-state index in [1.54, 1.807) is 12.1 Å². The van der Waals surface area contributed by atoms with Gasteiger partial charge in [0.05, 0.1) is 18.8 Å². The van der Waals surface area contributed by atoms with E-state index in [9.17, 15) is 4.39 Å². The van der Waals surface area contributed by atoms with Crippen molar-refractivity contribution in [3.8, 4) is 0 Å². The van der Waals surface area contributed by atoms with Gasteiger partial charge in [0.25, 0.3) is 0 Å². The van der Waals surface area contributed by atoms with Crippen molar-refractivity contribution in [3.05, 3.63) is 35.6 Å². The predicted octanol–water partition coefficient (Wildman–Crippen LogP) is 1.07. The van der Waals surface area contributed by atoms with Crippen molar-refractivity contribution in [1.29, 1.82) is 0 Å². The molecule has 1 saturated heterocycles. The highest BCUT2D eigenvalue weighted by molar-refractivity contribution is 5.22. The summed E-state index contributed by atoms with van der Waals surface area (Å²) in [6.07, 6.45) is -0.0179. The van der Waals surface area contributed by atoms with Gasteiger partial charge in [-0.3, -0.25) is 0 Å². The lowest BCUT2D eigenvalue weighted by Gasteiger charge is -2.31. The lowest BCUT2D eigenvalue weighted by molar-refractivity contribution is 0.00465. The third kappa shape index (κ3) is 2.40. The molecule has 0 radical (unpaired) electrons. The molecule has 4 heteroatoms. The van der Waals surface area contributed by atoms with Crippen molar-refractivity contribution in [1.82, 2.24) is 10.6 Å². The molecule has 1 aromatic carbocycles. The summed E-state index contributed by atoms with van der Waals surface area (Å²) in [5, 5.41) is 6.38. The van der Waals surface area contributed by atoms with Crippen molar-refractivity contribution < 1.29 is 9.13 Å². The highest BCUT2D eigenvalue weighted by Crippen LogP contribution is 2.22. The Kier molecular flexibility index (Phi) is 3.88. The van der Waals surface area contributed by atoms with Crippen LogP contribution in [0.5, 0.6) is 0 Å². The first-order valence-electron chi connectivity index (χ1n) is 5.57. The Balaban J connectivity index is 2.18. The first kappa shape index (κ1) is 11.5. The molecule has 0 amide bonds. The molecule has 1 aromatic rings. The second kappa shape index (κ2) is 5.39. The summed E-state index contributed by atoms with van der Waals surface area (Å²) in [5.74, 6) is -0.184. The summed E-state index contributed by atoms with van der Waals surface area (Å²) in [7, 11) is 1.83. The minimum Gasteiger partial charge on any atom is -0.374 e. The standard InChI is InChI=1S/C12H17FN2O/c1-14-12(11-8-15-6-7-16-11)9-4-2-3-5-10(9)13/h2-5,11-12,14-15H,6-8H2,1H3. The number of morpholine rings is 1. The normalized spacial score (nSPS) is 23.0. The van der Waals surface area contributed by atoms with Gasteiger partial charge in [0, 0.05) is 18.7 Å². The lowest BCUT2D eigenvalue weighted by atomic mass is 10.00. The molecule has 1 aliphatic heterocycles. The first-order chi connectivity index (χ1) is 7.83. The number of hydrogen-bond donors (Lipinski definition) is 2. The Hall–Kier alpha value is -0.970. The minimum absolute atomic E-state index is 0.0179. The van der Waals surface area contributed by atoms with Crippen molar-refractivity contribution in [3.63, 3.8) is 0 Å². The van der Waals surface area contributed by atoms with Crippen LogP contribution < -0.4 is 10.6 Å². The maximum Gasteiger partial charge on any atom is 0.128 e. The van der Waals surface area contributed by atoms with Gasteiger partial charge in [0.2, 0.25) is 0 Å². The van der Waals surface area contributed by atoms with E-state index in [1.807, 2.05) is 13.1 Å². The van der Waals surface area contributed by atoms with Crippen LogP contribution in [0.15, 0.2) is 24.3 Å². The van der Waals surface area contributed by atoms with Gasteiger partial charge in [-0.15, -0.1) is 0 Å². The lowest BCUT2D eigenvalue weighted by Crippen LogP contribution is -2.45. The zero-order chi connectivity index (χ0) is 11.4. The molecule has 1 fully saturated rings. The molecule has 2 atom stereocenters. The number of halogens is 1. The number of benzene rings is 1. The molecule has 88 valence electrons. The second-order valence-electron chi connectivity index (χ2n) is 3.90. The molecule has 0 aromatic heterocycles. The van der Waals surface area contributed by atoms with Crippen LogP contribution >= 0.6 is 0 Å². The quantitative estimate of drug-likeness (QED) is 0.806. The summed E-state index contributed by atoms with van der Waals surface area (Å²) < 4.78 is 19.3. The third-order valence-electron chi connectivity index (χ3n) is 2.88. The van der Waals surface area contributed by atoms with Crippen molar-refractivity contribution in [2.75, 3.05) is 26.7 Å². The highest BCUT2D eigenvalue weighted by atomic mass is 19.1. The van der Waals surface area contributed by atoms with Crippen molar-refractivity contribution >= 4 is 0 Å². The van der Waals surface area contributed by atoms with Gasteiger partial charge in [-0.05, 0) is 13.1 Å². The van der Waals surface area contributed by atoms with Gasteiger partial charge in [0.1, 0.15) is 5.82 Å². The average Bonchev–Trinajstić information content (AvgIpc) is 2.34. The minimum atomic E-state index is -0.184. The topological polar surface area (TPSA) is 33.3 Å². The second-order valence-corrected chi connectivity index (χ2v) is 3.90. The zero-order valence-corrected chi connectivity index (χ0v) is 9.37. The predicted molar refractivity (Wildman–Crippen MR) is 60.8 cm³/mol. The zero-order valence-electron chi connectivity index (χ0n) is 9.37. The number of hydrogen-bond acceptors (Lipinski definition) is 3. The number of ether oxygens (including phenoxy) is 1. The monoisotopic (exact) mass is 224 g/mol. The van der Waals surface area contributed by atoms with Gasteiger partial charge in [-0.2, -0.15) is 0 Å². The molecule has 1 aliphatic rings. The molecular weight excluding hydrogens is 207 g/mol. The van der Waals surface area contributed by atoms with Crippen LogP contribution in [-0.4, -0.2) is 32.8 Å². The van der Waals surface area contributed by atoms with Gasteiger partial charge in [0.15, 0.2) is 0 Å². The summed E-state index contributed by atoms with van der Waals surface area (Å²) in [5.41, 5.74) is 0.665. The Morgan fingerprint density at radius 1 is 1.50 bits per heavy atom. The fraction of sp³-hybridized carbons (Fsp3) is 0.500. The van der Waals surface area contributed by atoms with Crippen LogP contribution in [0.3, 0.4) is 0 Å². The van der Waals surface area contributed by atoms with E-state index in [2.05, 4.69) is 10.6 Å². The van der Waals surface area contributed by atoms with E-state index >= 15 is 0 Å². The molecule has 0 saturated carbocycles. The Morgan fingerprint density at radius 2 is 2.31 bits per heavy atom. The fourth-order valence-corrected chi connectivity index (χ4v) is 2.07. The molecule has 2 unspecified atom stereocenters. The molecule has 2 N–H and O–H groups in total. The van der Waals surface area contributed by atoms with Crippen LogP contribution in [0, 0.1) is 5.82 Å². The molecule has 16 heavy (non-hydrogen) atoms. The van der Waals surface area contributed by atoms with Crippen LogP contribution in [0.25, 0.3) is 0 Å². The Labute approximate surface area is 95.0 Å². The van der Waals surface area contributed by atoms with Crippen LogP contribution in [0.1, 0.15) is 11.6 Å². The van der Waals surface area contributed by atoms with Crippen LogP contribution in [0.4, 0.5) is 4.39 Å². The third-order valence-corrected chi connectivity index (χ3v) is 2.88. The van der Waals surface area contributed by atoms with E-state index in [0.29, 0.717) is 12.2 Å². The Morgan fingerprint density at radius 3 is 2.94 bits per heavy atom. The average molecular weight is 224 g/mol. The number of nitrogens with one attached hydrogen (secondary N) is 2. The van der Waals surface area contributed by atoms with E-state index in [-0.39, 0.29) is 18.0 Å². The molecule has 2 rings (SSSR count). The highest BCUT2D eigenvalue weighted by Gasteiger charge is 2.26. The summed E-state index contributed by atoms with van der Waals surface area (Å²) >= 11 is 0. The summed E-state index contributed by atoms with van der Waals surface area (Å²) in [6.45, 7) is 2.29. The van der Waals surface area contributed by atoms with Gasteiger partial charge in [-0.25, -0.2) is 4.39 Å². The van der Waals surface area contributed by atoms with Crippen LogP contribution in [-0.2, 0) is 4.74 Å². The largest absolute Gasteiger partial charge is 0.374 e. The van der Waals surface area contributed by atoms with Gasteiger partial charge >= 0.3 is 0 Å². The number of likely N-dealkylation sites (N-methyl/N-ethyl adjacent to an activating group) is 1. The van der Waals surface area contributed by atoms with Gasteiger partial charge < -0.3 is 15.4 Å². The van der Waals surface area contributed by atoms with Crippen molar-refractivity contribution in [2.24, 2.45) is 0 Å². The first-order valence-corrected chi connectivity index (χ1v) is 5.57. The molecule has 0 aliphatic carbocycles. The summed E-state index contributed by atoms with van der Waals surface area (Å²) in [4.78, 5) is 0. The molecule has 0 spiro atoms. The van der Waals surface area contributed by atoms with E-state index in [0.717, 1.165) is 13.1 Å².